The van der Waals surface area contributed by atoms with Crippen LogP contribution in [0.4, 0.5) is 0 Å². The summed E-state index contributed by atoms with van der Waals surface area (Å²) in [4.78, 5) is 0. The van der Waals surface area contributed by atoms with E-state index in [4.69, 9.17) is 0 Å². The Morgan fingerprint density at radius 1 is 0.907 bits per heavy atom. The van der Waals surface area contributed by atoms with Crippen molar-refractivity contribution in [2.75, 3.05) is 0 Å². The molecule has 1 aromatic rings. The summed E-state index contributed by atoms with van der Waals surface area (Å²) in [6.07, 6.45) is 25.2. The van der Waals surface area contributed by atoms with Crippen molar-refractivity contribution in [3.05, 3.63) is 65.3 Å². The Morgan fingerprint density at radius 2 is 1.51 bits per heavy atom. The Kier molecular flexibility index (Phi) is 15.1. The van der Waals surface area contributed by atoms with E-state index in [0.717, 1.165) is 29.6 Å². The lowest BCUT2D eigenvalue weighted by Gasteiger charge is -2.60. The lowest BCUT2D eigenvalue weighted by atomic mass is 9.44. The van der Waals surface area contributed by atoms with Crippen LogP contribution in [0.15, 0.2) is 54.1 Å². The van der Waals surface area contributed by atoms with Gasteiger partial charge in [0.2, 0.25) is 0 Å². The highest BCUT2D eigenvalue weighted by Crippen LogP contribution is 2.78. The van der Waals surface area contributed by atoms with Crippen LogP contribution in [0.2, 0.25) is 0 Å². The van der Waals surface area contributed by atoms with Gasteiger partial charge in [0.25, 0.3) is 0 Å². The molecule has 0 bridgehead atoms. The first-order chi connectivity index (χ1) is 20.7. The van der Waals surface area contributed by atoms with Crippen molar-refractivity contribution in [2.24, 2.45) is 34.0 Å². The predicted molar refractivity (Wildman–Crippen MR) is 196 cm³/mol. The van der Waals surface area contributed by atoms with Crippen molar-refractivity contribution in [1.82, 2.24) is 0 Å². The van der Waals surface area contributed by atoms with Gasteiger partial charge in [-0.15, -0.1) is 6.58 Å². The Balaban J connectivity index is 0.000000238. The average molecular weight is 589 g/mol. The van der Waals surface area contributed by atoms with Crippen molar-refractivity contribution in [1.29, 1.82) is 0 Å². The second kappa shape index (κ2) is 17.2. The highest BCUT2D eigenvalue weighted by atomic mass is 14.7. The maximum absolute atomic E-state index is 3.55. The maximum atomic E-state index is 3.55. The molecule has 1 spiro atoms. The van der Waals surface area contributed by atoms with Gasteiger partial charge in [0.15, 0.2) is 0 Å². The van der Waals surface area contributed by atoms with Crippen LogP contribution in [0.5, 0.6) is 0 Å². The molecule has 4 fully saturated rings. The molecule has 0 aliphatic heterocycles. The Morgan fingerprint density at radius 3 is 1.95 bits per heavy atom. The van der Waals surface area contributed by atoms with Gasteiger partial charge in [-0.3, -0.25) is 0 Å². The molecule has 0 amide bonds. The van der Waals surface area contributed by atoms with Gasteiger partial charge in [-0.05, 0) is 103 Å². The number of hydrogen-bond acceptors (Lipinski definition) is 0. The predicted octanol–water partition coefficient (Wildman–Crippen LogP) is 14.4. The summed E-state index contributed by atoms with van der Waals surface area (Å²) >= 11 is 0. The zero-order valence-electron chi connectivity index (χ0n) is 30.8. The summed E-state index contributed by atoms with van der Waals surface area (Å²) in [5, 5.41) is 0. The molecular formula is C43H72. The average Bonchev–Trinajstić information content (AvgIpc) is 3.81. The molecule has 0 saturated heterocycles. The molecule has 4 saturated carbocycles. The molecule has 0 aromatic heterocycles. The summed E-state index contributed by atoms with van der Waals surface area (Å²) in [5.41, 5.74) is 8.51. The number of rotatable bonds is 6. The van der Waals surface area contributed by atoms with Crippen LogP contribution < -0.4 is 0 Å². The number of allylic oxidation sites excluding steroid dienone is 4. The largest absolute Gasteiger partial charge is 0.103 e. The molecule has 0 nitrogen and oxygen atoms in total. The van der Waals surface area contributed by atoms with Crippen LogP contribution in [0.25, 0.3) is 6.08 Å². The standard InChI is InChI=1S/C18H30.C16H20.C5H10.2C2H6/c1-6-14(16(4)10-13(3)11-16)15-12-17(5,7-2)18(15)8-9-18;1-12-15-10-6-5-9-14(15)11-16(12)13-7-3-2-4-8-13;1-3-5-4-2;2*1-2/h6,13,15H,7-12H2,1-5H3;5-6,9-13H,2-4,7-8H2,1H3;3H,1,4-5H2,2H3;2*1-2H3/b14-6+;;;;/t;12-;;;/m.0.../s1. The monoisotopic (exact) mass is 589 g/mol. The number of fused-ring (bicyclic) bond motifs is 1. The minimum atomic E-state index is 0.559. The van der Waals surface area contributed by atoms with Crippen LogP contribution in [0, 0.1) is 34.0 Å². The van der Waals surface area contributed by atoms with E-state index in [0.29, 0.717) is 16.7 Å². The quantitative estimate of drug-likeness (QED) is 0.290. The van der Waals surface area contributed by atoms with Crippen molar-refractivity contribution in [3.8, 4) is 0 Å². The molecule has 3 atom stereocenters. The van der Waals surface area contributed by atoms with E-state index < -0.39 is 0 Å². The van der Waals surface area contributed by atoms with E-state index in [1.165, 1.54) is 82.6 Å². The van der Waals surface area contributed by atoms with Crippen molar-refractivity contribution in [3.63, 3.8) is 0 Å². The van der Waals surface area contributed by atoms with Crippen LogP contribution >= 0.6 is 0 Å². The first-order valence-electron chi connectivity index (χ1n) is 18.8. The van der Waals surface area contributed by atoms with Gasteiger partial charge in [0.1, 0.15) is 0 Å². The Hall–Kier alpha value is -1.56. The van der Waals surface area contributed by atoms with E-state index in [1.54, 1.807) is 11.1 Å². The first-order valence-corrected chi connectivity index (χ1v) is 18.8. The molecule has 43 heavy (non-hydrogen) atoms. The molecule has 5 aliphatic carbocycles. The zero-order chi connectivity index (χ0) is 32.3. The molecular weight excluding hydrogens is 516 g/mol. The van der Waals surface area contributed by atoms with Crippen LogP contribution in [0.1, 0.15) is 177 Å². The van der Waals surface area contributed by atoms with Gasteiger partial charge >= 0.3 is 0 Å². The zero-order valence-corrected chi connectivity index (χ0v) is 30.8. The third-order valence-corrected chi connectivity index (χ3v) is 11.9. The Bertz CT molecular complexity index is 1020. The highest BCUT2D eigenvalue weighted by molar-refractivity contribution is 5.66. The van der Waals surface area contributed by atoms with Crippen LogP contribution in [-0.4, -0.2) is 0 Å². The fraction of sp³-hybridized carbons (Fsp3) is 0.721. The van der Waals surface area contributed by atoms with Gasteiger partial charge in [-0.2, -0.15) is 0 Å². The smallest absolute Gasteiger partial charge is 0.00318 e. The third-order valence-electron chi connectivity index (χ3n) is 11.9. The molecule has 2 unspecified atom stereocenters. The normalized spacial score (nSPS) is 31.4. The molecule has 1 aromatic carbocycles. The minimum absolute atomic E-state index is 0.559. The van der Waals surface area contributed by atoms with E-state index in [9.17, 15) is 0 Å². The summed E-state index contributed by atoms with van der Waals surface area (Å²) < 4.78 is 0. The number of benzene rings is 1. The second-order valence-electron chi connectivity index (χ2n) is 14.6. The van der Waals surface area contributed by atoms with Gasteiger partial charge in [-0.1, -0.05) is 155 Å². The topological polar surface area (TPSA) is 0 Å². The number of hydrogen-bond donors (Lipinski definition) is 0. The van der Waals surface area contributed by atoms with Crippen molar-refractivity contribution in [2.45, 2.75) is 166 Å². The van der Waals surface area contributed by atoms with Crippen LogP contribution in [0.3, 0.4) is 0 Å². The maximum Gasteiger partial charge on any atom is 0.00318 e. The highest BCUT2D eigenvalue weighted by Gasteiger charge is 2.70. The van der Waals surface area contributed by atoms with Gasteiger partial charge in [0, 0.05) is 5.92 Å². The SMILES string of the molecule is C/C=C(\C1CC(C)(CC)C12CC2)C1(C)CC(C)C1.C=CCCC.CC.CC.C[C@@H]1C(C2CCCCC2)=Cc2ccccc21. The van der Waals surface area contributed by atoms with E-state index in [1.807, 2.05) is 39.3 Å². The molecule has 0 heterocycles. The van der Waals surface area contributed by atoms with E-state index in [-0.39, 0.29) is 0 Å². The molecule has 5 aliphatic rings. The fourth-order valence-corrected chi connectivity index (χ4v) is 9.45. The molecule has 0 radical (unpaired) electrons. The van der Waals surface area contributed by atoms with Gasteiger partial charge in [-0.25, -0.2) is 0 Å². The second-order valence-corrected chi connectivity index (χ2v) is 14.6. The summed E-state index contributed by atoms with van der Waals surface area (Å²) in [6, 6.07) is 8.90. The fourth-order valence-electron chi connectivity index (χ4n) is 9.45. The molecule has 0 heteroatoms. The summed E-state index contributed by atoms with van der Waals surface area (Å²) in [7, 11) is 0. The van der Waals surface area contributed by atoms with Crippen molar-refractivity contribution < 1.29 is 0 Å². The van der Waals surface area contributed by atoms with E-state index >= 15 is 0 Å². The number of unbranched alkanes of at least 4 members (excludes halogenated alkanes) is 1. The lowest BCUT2D eigenvalue weighted by Crippen LogP contribution is -2.52. The van der Waals surface area contributed by atoms with Gasteiger partial charge < -0.3 is 0 Å². The lowest BCUT2D eigenvalue weighted by molar-refractivity contribution is -0.0552. The third kappa shape index (κ3) is 8.19. The van der Waals surface area contributed by atoms with Crippen LogP contribution in [-0.2, 0) is 0 Å². The van der Waals surface area contributed by atoms with E-state index in [2.05, 4.69) is 91.5 Å². The summed E-state index contributed by atoms with van der Waals surface area (Å²) in [5.74, 6) is 3.43. The van der Waals surface area contributed by atoms with Crippen molar-refractivity contribution >= 4 is 6.08 Å². The summed E-state index contributed by atoms with van der Waals surface area (Å²) in [6.45, 7) is 28.3. The first kappa shape index (κ1) is 37.6. The molecule has 0 N–H and O–H groups in total. The molecule has 6 rings (SSSR count). The Labute approximate surface area is 270 Å². The molecule has 244 valence electrons. The minimum Gasteiger partial charge on any atom is -0.103 e. The van der Waals surface area contributed by atoms with Gasteiger partial charge in [0.05, 0.1) is 0 Å².